The summed E-state index contributed by atoms with van der Waals surface area (Å²) >= 11 is 5.27. The molecule has 1 unspecified atom stereocenters. The standard InChI is InChI=1S/C3H5ClO.Ca.2H/c4-1-3-2-5-3;;;/h3H,1-2H2;;;/q;+2;2*-1. The average Bonchev–Trinajstić information content (AvgIpc) is 2.12. The molecule has 0 aromatic heterocycles. The van der Waals surface area contributed by atoms with E-state index in [-0.39, 0.29) is 40.6 Å². The summed E-state index contributed by atoms with van der Waals surface area (Å²) in [4.78, 5) is 0. The van der Waals surface area contributed by atoms with Crippen molar-refractivity contribution in [1.29, 1.82) is 0 Å². The molecule has 1 heterocycles. The Labute approximate surface area is 75.0 Å². The first-order valence-electron chi connectivity index (χ1n) is 1.61. The summed E-state index contributed by atoms with van der Waals surface area (Å²) in [6.45, 7) is 0.878. The maximum absolute atomic E-state index is 5.27. The number of rotatable bonds is 1. The van der Waals surface area contributed by atoms with Crippen LogP contribution in [0.3, 0.4) is 0 Å². The van der Waals surface area contributed by atoms with Gasteiger partial charge < -0.3 is 7.59 Å². The molecule has 1 nitrogen and oxygen atoms in total. The van der Waals surface area contributed by atoms with E-state index >= 15 is 0 Å². The third-order valence-corrected chi connectivity index (χ3v) is 0.919. The van der Waals surface area contributed by atoms with Crippen molar-refractivity contribution in [3.63, 3.8) is 0 Å². The van der Waals surface area contributed by atoms with Crippen molar-refractivity contribution in [2.24, 2.45) is 0 Å². The van der Waals surface area contributed by atoms with Crippen LogP contribution in [-0.4, -0.2) is 56.3 Å². The minimum atomic E-state index is 0. The molecule has 0 radical (unpaired) electrons. The number of epoxide rings is 1. The largest absolute Gasteiger partial charge is 2.00 e. The molecule has 3 heteroatoms. The van der Waals surface area contributed by atoms with Crippen LogP contribution in [0.15, 0.2) is 0 Å². The summed E-state index contributed by atoms with van der Waals surface area (Å²) in [6.07, 6.45) is 0.400. The maximum Gasteiger partial charge on any atom is 2.00 e. The van der Waals surface area contributed by atoms with E-state index in [1.165, 1.54) is 0 Å². The molecular weight excluding hydrogens is 128 g/mol. The Kier molecular flexibility index (Phi) is 4.39. The molecule has 1 aliphatic heterocycles. The van der Waals surface area contributed by atoms with Crippen LogP contribution in [0.25, 0.3) is 0 Å². The Morgan fingerprint density at radius 2 is 2.50 bits per heavy atom. The Balaban J connectivity index is -0.0000000833. The SMILES string of the molecule is ClCC1CO1.[Ca+2].[H-].[H-]. The molecule has 1 saturated heterocycles. The van der Waals surface area contributed by atoms with Gasteiger partial charge in [-0.2, -0.15) is 0 Å². The van der Waals surface area contributed by atoms with Gasteiger partial charge in [-0.15, -0.1) is 11.6 Å². The zero-order valence-electron chi connectivity index (χ0n) is 5.48. The van der Waals surface area contributed by atoms with Gasteiger partial charge in [-0.25, -0.2) is 0 Å². The smallest absolute Gasteiger partial charge is 1.00 e. The monoisotopic (exact) mass is 134 g/mol. The molecule has 1 aliphatic rings. The summed E-state index contributed by atoms with van der Waals surface area (Å²) in [5, 5.41) is 0. The Morgan fingerprint density at radius 3 is 2.50 bits per heavy atom. The fraction of sp³-hybridized carbons (Fsp3) is 1.00. The third-order valence-electron chi connectivity index (χ3n) is 0.574. The van der Waals surface area contributed by atoms with E-state index < -0.39 is 0 Å². The van der Waals surface area contributed by atoms with Gasteiger partial charge in [0, 0.05) is 0 Å². The first kappa shape index (κ1) is 7.51. The number of hydrogen-bond donors (Lipinski definition) is 0. The minimum Gasteiger partial charge on any atom is -1.00 e. The summed E-state index contributed by atoms with van der Waals surface area (Å²) in [5.74, 6) is 0.667. The maximum atomic E-state index is 5.27. The van der Waals surface area contributed by atoms with Crippen LogP contribution < -0.4 is 0 Å². The van der Waals surface area contributed by atoms with Gasteiger partial charge in [-0.05, 0) is 0 Å². The van der Waals surface area contributed by atoms with Gasteiger partial charge in [0.2, 0.25) is 0 Å². The van der Waals surface area contributed by atoms with Crippen molar-refractivity contribution in [2.75, 3.05) is 12.5 Å². The number of ether oxygens (including phenoxy) is 1. The first-order valence-corrected chi connectivity index (χ1v) is 2.14. The fourth-order valence-corrected chi connectivity index (χ4v) is 0.335. The molecular formula is C3H7CaClO. The molecule has 34 valence electrons. The van der Waals surface area contributed by atoms with Crippen molar-refractivity contribution in [1.82, 2.24) is 0 Å². The van der Waals surface area contributed by atoms with E-state index in [4.69, 9.17) is 16.3 Å². The van der Waals surface area contributed by atoms with Gasteiger partial charge in [0.05, 0.1) is 18.6 Å². The molecule has 0 saturated carbocycles. The molecule has 0 aliphatic carbocycles. The predicted octanol–water partition coefficient (Wildman–Crippen LogP) is 0.468. The van der Waals surface area contributed by atoms with Crippen LogP contribution >= 0.6 is 11.6 Å². The molecule has 6 heavy (non-hydrogen) atoms. The van der Waals surface area contributed by atoms with Crippen LogP contribution in [-0.2, 0) is 4.74 Å². The number of hydrogen-bond acceptors (Lipinski definition) is 1. The zero-order valence-corrected chi connectivity index (χ0v) is 6.45. The minimum absolute atomic E-state index is 0. The van der Waals surface area contributed by atoms with Crippen molar-refractivity contribution < 1.29 is 7.59 Å². The second-order valence-corrected chi connectivity index (χ2v) is 1.42. The molecule has 0 spiro atoms. The fourth-order valence-electron chi connectivity index (χ4n) is 0.157. The molecule has 1 rings (SSSR count). The van der Waals surface area contributed by atoms with Crippen molar-refractivity contribution in [3.05, 3.63) is 0 Å². The molecule has 1 fully saturated rings. The van der Waals surface area contributed by atoms with E-state index in [1.807, 2.05) is 0 Å². The van der Waals surface area contributed by atoms with Gasteiger partial charge in [0.15, 0.2) is 0 Å². The second kappa shape index (κ2) is 3.50. The average molecular weight is 135 g/mol. The third kappa shape index (κ3) is 2.64. The number of halogens is 1. The van der Waals surface area contributed by atoms with Crippen molar-refractivity contribution >= 4 is 49.3 Å². The van der Waals surface area contributed by atoms with E-state index in [9.17, 15) is 0 Å². The van der Waals surface area contributed by atoms with Crippen LogP contribution in [0.1, 0.15) is 2.85 Å². The number of alkyl halides is 1. The van der Waals surface area contributed by atoms with Gasteiger partial charge in [0.25, 0.3) is 0 Å². The molecule has 0 amide bonds. The summed E-state index contributed by atoms with van der Waals surface area (Å²) in [6, 6.07) is 0. The van der Waals surface area contributed by atoms with Gasteiger partial charge >= 0.3 is 37.7 Å². The summed E-state index contributed by atoms with van der Waals surface area (Å²) in [7, 11) is 0. The predicted molar refractivity (Wildman–Crippen MR) is 28.4 cm³/mol. The summed E-state index contributed by atoms with van der Waals surface area (Å²) in [5.41, 5.74) is 0. The second-order valence-electron chi connectivity index (χ2n) is 1.11. The van der Waals surface area contributed by atoms with Crippen LogP contribution in [0.4, 0.5) is 0 Å². The van der Waals surface area contributed by atoms with Crippen LogP contribution in [0.5, 0.6) is 0 Å². The molecule has 0 N–H and O–H groups in total. The molecule has 0 aromatic rings. The quantitative estimate of drug-likeness (QED) is 0.289. The van der Waals surface area contributed by atoms with Crippen molar-refractivity contribution in [2.45, 2.75) is 6.10 Å². The van der Waals surface area contributed by atoms with Crippen molar-refractivity contribution in [3.8, 4) is 0 Å². The summed E-state index contributed by atoms with van der Waals surface area (Å²) < 4.78 is 4.73. The first-order chi connectivity index (χ1) is 2.43. The molecule has 0 aromatic carbocycles. The Bertz CT molecular complexity index is 44.3. The van der Waals surface area contributed by atoms with Crippen LogP contribution in [0, 0.1) is 0 Å². The Morgan fingerprint density at radius 1 is 2.00 bits per heavy atom. The van der Waals surface area contributed by atoms with E-state index in [2.05, 4.69) is 0 Å². The topological polar surface area (TPSA) is 12.5 Å². The molecule has 1 atom stereocenters. The van der Waals surface area contributed by atoms with E-state index in [0.29, 0.717) is 12.0 Å². The normalized spacial score (nSPS) is 28.5. The molecule has 0 bridgehead atoms. The van der Waals surface area contributed by atoms with Gasteiger partial charge in [0.1, 0.15) is 0 Å². The van der Waals surface area contributed by atoms with Gasteiger partial charge in [-0.1, -0.05) is 0 Å². The van der Waals surface area contributed by atoms with Crippen LogP contribution in [0.2, 0.25) is 0 Å². The van der Waals surface area contributed by atoms with E-state index in [1.54, 1.807) is 0 Å². The van der Waals surface area contributed by atoms with E-state index in [0.717, 1.165) is 6.61 Å². The Hall–Kier alpha value is 1.51. The zero-order chi connectivity index (χ0) is 3.70. The van der Waals surface area contributed by atoms with Gasteiger partial charge in [-0.3, -0.25) is 0 Å².